The Balaban J connectivity index is 2.22. The Morgan fingerprint density at radius 1 is 1.59 bits per heavy atom. The van der Waals surface area contributed by atoms with Gasteiger partial charge in [0.15, 0.2) is 0 Å². The first-order chi connectivity index (χ1) is 8.24. The van der Waals surface area contributed by atoms with Crippen molar-refractivity contribution >= 4 is 0 Å². The van der Waals surface area contributed by atoms with E-state index in [1.807, 2.05) is 17.7 Å². The Labute approximate surface area is 101 Å². The number of nitrogens with two attached hydrogens (primary N) is 1. The van der Waals surface area contributed by atoms with E-state index in [1.54, 1.807) is 12.5 Å². The fraction of sp³-hybridized carbons (Fsp3) is 0.417. The summed E-state index contributed by atoms with van der Waals surface area (Å²) in [5.41, 5.74) is 6.08. The van der Waals surface area contributed by atoms with Crippen LogP contribution in [0, 0.1) is 6.92 Å². The molecule has 3 N–H and O–H groups in total. The largest absolute Gasteiger partial charge is 0.472 e. The van der Waals surface area contributed by atoms with Crippen molar-refractivity contribution in [2.75, 3.05) is 0 Å². The lowest BCUT2D eigenvalue weighted by atomic mass is 10.1. The van der Waals surface area contributed by atoms with Gasteiger partial charge >= 0.3 is 0 Å². The molecule has 2 aromatic rings. The number of aromatic nitrogens is 2. The quantitative estimate of drug-likeness (QED) is 0.608. The van der Waals surface area contributed by atoms with E-state index in [9.17, 15) is 0 Å². The maximum Gasteiger partial charge on any atom is 0.0935 e. The van der Waals surface area contributed by atoms with Gasteiger partial charge in [-0.25, -0.2) is 0 Å². The zero-order chi connectivity index (χ0) is 12.3. The number of hydrazine groups is 1. The first-order valence-electron chi connectivity index (χ1n) is 5.76. The lowest BCUT2D eigenvalue weighted by Crippen LogP contribution is -2.31. The Bertz CT molecular complexity index is 461. The molecule has 5 heteroatoms. The molecule has 0 aliphatic carbocycles. The average Bonchev–Trinajstić information content (AvgIpc) is 2.94. The summed E-state index contributed by atoms with van der Waals surface area (Å²) < 4.78 is 7.04. The van der Waals surface area contributed by atoms with Crippen LogP contribution in [0.3, 0.4) is 0 Å². The Hall–Kier alpha value is -1.59. The zero-order valence-corrected chi connectivity index (χ0v) is 10.2. The van der Waals surface area contributed by atoms with Gasteiger partial charge in [-0.3, -0.25) is 16.0 Å². The van der Waals surface area contributed by atoms with Crippen LogP contribution in [-0.4, -0.2) is 9.78 Å². The lowest BCUT2D eigenvalue weighted by molar-refractivity contribution is 0.486. The van der Waals surface area contributed by atoms with Crippen molar-refractivity contribution in [2.45, 2.75) is 32.9 Å². The maximum absolute atomic E-state index is 5.63. The number of aryl methyl sites for hydroxylation is 2. The van der Waals surface area contributed by atoms with Gasteiger partial charge in [0.05, 0.1) is 30.0 Å². The SMILES string of the molecule is CCn1nc(C)cc1C(Cc1ccoc1)NN. The zero-order valence-electron chi connectivity index (χ0n) is 10.2. The molecular weight excluding hydrogens is 216 g/mol. The topological polar surface area (TPSA) is 69.0 Å². The molecule has 1 unspecified atom stereocenters. The third-order valence-electron chi connectivity index (χ3n) is 2.81. The van der Waals surface area contributed by atoms with Gasteiger partial charge in [0.2, 0.25) is 0 Å². The number of nitrogens with zero attached hydrogens (tertiary/aromatic N) is 2. The van der Waals surface area contributed by atoms with Crippen LogP contribution in [-0.2, 0) is 13.0 Å². The molecule has 2 heterocycles. The van der Waals surface area contributed by atoms with Crippen LogP contribution in [0.2, 0.25) is 0 Å². The highest BCUT2D eigenvalue weighted by atomic mass is 16.3. The molecule has 92 valence electrons. The van der Waals surface area contributed by atoms with E-state index in [0.29, 0.717) is 0 Å². The summed E-state index contributed by atoms with van der Waals surface area (Å²) in [6.45, 7) is 4.90. The summed E-state index contributed by atoms with van der Waals surface area (Å²) >= 11 is 0. The molecule has 0 saturated heterocycles. The third kappa shape index (κ3) is 2.57. The minimum absolute atomic E-state index is 0.0498. The van der Waals surface area contributed by atoms with Crippen LogP contribution in [0.25, 0.3) is 0 Å². The van der Waals surface area contributed by atoms with Crippen LogP contribution in [0.4, 0.5) is 0 Å². The molecule has 17 heavy (non-hydrogen) atoms. The fourth-order valence-electron chi connectivity index (χ4n) is 1.99. The first kappa shape index (κ1) is 11.9. The van der Waals surface area contributed by atoms with Gasteiger partial charge < -0.3 is 4.42 Å². The number of hydrogen-bond donors (Lipinski definition) is 2. The van der Waals surface area contributed by atoms with Crippen LogP contribution < -0.4 is 11.3 Å². The predicted molar refractivity (Wildman–Crippen MR) is 65.1 cm³/mol. The summed E-state index contributed by atoms with van der Waals surface area (Å²) in [6.07, 6.45) is 4.20. The Morgan fingerprint density at radius 2 is 2.41 bits per heavy atom. The summed E-state index contributed by atoms with van der Waals surface area (Å²) in [4.78, 5) is 0. The van der Waals surface area contributed by atoms with Gasteiger partial charge in [-0.2, -0.15) is 5.10 Å². The van der Waals surface area contributed by atoms with Crippen molar-refractivity contribution in [1.29, 1.82) is 0 Å². The lowest BCUT2D eigenvalue weighted by Gasteiger charge is -2.16. The van der Waals surface area contributed by atoms with Crippen molar-refractivity contribution in [3.8, 4) is 0 Å². The van der Waals surface area contributed by atoms with Crippen molar-refractivity contribution in [2.24, 2.45) is 5.84 Å². The minimum Gasteiger partial charge on any atom is -0.472 e. The predicted octanol–water partition coefficient (Wildman–Crippen LogP) is 1.55. The molecule has 0 aromatic carbocycles. The molecule has 5 nitrogen and oxygen atoms in total. The van der Waals surface area contributed by atoms with Gasteiger partial charge in [-0.05, 0) is 38.0 Å². The van der Waals surface area contributed by atoms with Crippen LogP contribution in [0.5, 0.6) is 0 Å². The molecular formula is C12H18N4O. The molecule has 0 amide bonds. The highest BCUT2D eigenvalue weighted by Gasteiger charge is 2.16. The number of furan rings is 1. The maximum atomic E-state index is 5.63. The molecule has 0 saturated carbocycles. The fourth-order valence-corrected chi connectivity index (χ4v) is 1.99. The summed E-state index contributed by atoms with van der Waals surface area (Å²) in [7, 11) is 0. The standard InChI is InChI=1S/C12H18N4O/c1-3-16-12(6-9(2)15-16)11(14-13)7-10-4-5-17-8-10/h4-6,8,11,14H,3,7,13H2,1-2H3. The minimum atomic E-state index is 0.0498. The van der Waals surface area contributed by atoms with Gasteiger partial charge in [-0.1, -0.05) is 0 Å². The van der Waals surface area contributed by atoms with Gasteiger partial charge in [0.25, 0.3) is 0 Å². The average molecular weight is 234 g/mol. The second-order valence-electron chi connectivity index (χ2n) is 4.08. The van der Waals surface area contributed by atoms with E-state index in [2.05, 4.69) is 23.5 Å². The number of nitrogens with one attached hydrogen (secondary N) is 1. The van der Waals surface area contributed by atoms with E-state index in [1.165, 1.54) is 0 Å². The van der Waals surface area contributed by atoms with Crippen molar-refractivity contribution in [3.63, 3.8) is 0 Å². The van der Waals surface area contributed by atoms with Gasteiger partial charge in [0, 0.05) is 6.54 Å². The van der Waals surface area contributed by atoms with Crippen LogP contribution >= 0.6 is 0 Å². The first-order valence-corrected chi connectivity index (χ1v) is 5.76. The van der Waals surface area contributed by atoms with E-state index < -0.39 is 0 Å². The van der Waals surface area contributed by atoms with Gasteiger partial charge in [0.1, 0.15) is 0 Å². The van der Waals surface area contributed by atoms with Crippen molar-refractivity contribution in [1.82, 2.24) is 15.2 Å². The molecule has 0 aliphatic heterocycles. The van der Waals surface area contributed by atoms with Gasteiger partial charge in [-0.15, -0.1) is 0 Å². The Kier molecular flexibility index (Phi) is 3.61. The molecule has 1 atom stereocenters. The van der Waals surface area contributed by atoms with Crippen LogP contribution in [0.1, 0.15) is 29.9 Å². The Morgan fingerprint density at radius 3 is 3.00 bits per heavy atom. The molecule has 0 radical (unpaired) electrons. The second-order valence-corrected chi connectivity index (χ2v) is 4.08. The molecule has 0 aliphatic rings. The van der Waals surface area contributed by atoms with E-state index in [-0.39, 0.29) is 6.04 Å². The summed E-state index contributed by atoms with van der Waals surface area (Å²) in [5, 5.41) is 4.42. The highest BCUT2D eigenvalue weighted by molar-refractivity contribution is 5.17. The molecule has 2 aromatic heterocycles. The second kappa shape index (κ2) is 5.16. The highest BCUT2D eigenvalue weighted by Crippen LogP contribution is 2.19. The molecule has 2 rings (SSSR count). The number of rotatable bonds is 5. The normalized spacial score (nSPS) is 12.9. The van der Waals surface area contributed by atoms with Crippen molar-refractivity contribution in [3.05, 3.63) is 41.6 Å². The monoisotopic (exact) mass is 234 g/mol. The summed E-state index contributed by atoms with van der Waals surface area (Å²) in [5.74, 6) is 5.63. The van der Waals surface area contributed by atoms with E-state index in [4.69, 9.17) is 10.3 Å². The van der Waals surface area contributed by atoms with E-state index >= 15 is 0 Å². The molecule has 0 fully saturated rings. The van der Waals surface area contributed by atoms with Crippen molar-refractivity contribution < 1.29 is 4.42 Å². The van der Waals surface area contributed by atoms with E-state index in [0.717, 1.165) is 29.9 Å². The summed E-state index contributed by atoms with van der Waals surface area (Å²) in [6, 6.07) is 4.06. The number of hydrogen-bond acceptors (Lipinski definition) is 4. The molecule has 0 bridgehead atoms. The van der Waals surface area contributed by atoms with Crippen LogP contribution in [0.15, 0.2) is 29.1 Å². The molecule has 0 spiro atoms. The smallest absolute Gasteiger partial charge is 0.0935 e. The third-order valence-corrected chi connectivity index (χ3v) is 2.81.